The first-order chi connectivity index (χ1) is 28.8. The van der Waals surface area contributed by atoms with E-state index in [0.717, 1.165) is 11.1 Å². The van der Waals surface area contributed by atoms with Crippen molar-refractivity contribution in [3.05, 3.63) is 107 Å². The summed E-state index contributed by atoms with van der Waals surface area (Å²) in [6, 6.07) is 20.6. The number of likely N-dealkylation sites (N-methyl/N-ethyl adjacent to an activating group) is 1. The number of fused-ring (bicyclic) bond motifs is 5. The summed E-state index contributed by atoms with van der Waals surface area (Å²) in [5, 5.41) is 31.6. The molecule has 1 heterocycles. The van der Waals surface area contributed by atoms with Crippen molar-refractivity contribution in [2.24, 2.45) is 11.5 Å². The molecule has 5 rings (SSSR count). The molecular weight excluding hydrogens is 788 g/mol. The zero-order valence-electron chi connectivity index (χ0n) is 33.4. The average molecular weight is 837 g/mol. The van der Waals surface area contributed by atoms with Gasteiger partial charge >= 0.3 is 0 Å². The van der Waals surface area contributed by atoms with Crippen molar-refractivity contribution >= 4 is 41.1 Å². The van der Waals surface area contributed by atoms with Gasteiger partial charge in [0.15, 0.2) is 0 Å². The predicted octanol–water partition coefficient (Wildman–Crippen LogP) is 3.33. The van der Waals surface area contributed by atoms with Crippen LogP contribution in [0.15, 0.2) is 84.9 Å². The summed E-state index contributed by atoms with van der Waals surface area (Å²) >= 11 is 6.05. The molecule has 0 spiro atoms. The van der Waals surface area contributed by atoms with Crippen molar-refractivity contribution in [1.29, 1.82) is 5.26 Å². The minimum atomic E-state index is -1.38. The first kappa shape index (κ1) is 44.6. The molecule has 314 valence electrons. The van der Waals surface area contributed by atoms with Gasteiger partial charge in [0.05, 0.1) is 6.07 Å². The highest BCUT2D eigenvalue weighted by Gasteiger charge is 2.36. The van der Waals surface area contributed by atoms with Gasteiger partial charge in [-0.15, -0.1) is 0 Å². The van der Waals surface area contributed by atoms with E-state index < -0.39 is 53.7 Å². The van der Waals surface area contributed by atoms with E-state index in [4.69, 9.17) is 33.1 Å². The van der Waals surface area contributed by atoms with Crippen LogP contribution in [-0.2, 0) is 25.6 Å². The van der Waals surface area contributed by atoms with Crippen LogP contribution in [0.4, 0.5) is 0 Å². The predicted molar refractivity (Wildman–Crippen MR) is 227 cm³/mol. The fourth-order valence-electron chi connectivity index (χ4n) is 6.87. The number of ether oxygens (including phenoxy) is 1. The van der Waals surface area contributed by atoms with Crippen LogP contribution >= 0.6 is 11.6 Å². The monoisotopic (exact) mass is 836 g/mol. The summed E-state index contributed by atoms with van der Waals surface area (Å²) in [6.45, 7) is 1.78. The summed E-state index contributed by atoms with van der Waals surface area (Å²) < 4.78 is 5.98. The Hall–Kier alpha value is -6.47. The van der Waals surface area contributed by atoms with Crippen LogP contribution in [0.1, 0.15) is 53.7 Å². The maximum atomic E-state index is 14.6. The minimum absolute atomic E-state index is 0.0285. The van der Waals surface area contributed by atoms with E-state index >= 15 is 0 Å². The normalized spacial score (nSPS) is 16.8. The number of halogens is 1. The van der Waals surface area contributed by atoms with Crippen molar-refractivity contribution in [3.8, 4) is 39.8 Å². The van der Waals surface area contributed by atoms with Gasteiger partial charge in [-0.25, -0.2) is 0 Å². The van der Waals surface area contributed by atoms with Crippen molar-refractivity contribution in [2.45, 2.75) is 56.8 Å². The second-order valence-corrected chi connectivity index (χ2v) is 14.8. The number of nitrogens with one attached hydrogen (secondary N) is 4. The zero-order chi connectivity index (χ0) is 43.3. The van der Waals surface area contributed by atoms with E-state index in [1.165, 1.54) is 24.9 Å². The third kappa shape index (κ3) is 11.2. The van der Waals surface area contributed by atoms with Gasteiger partial charge in [0, 0.05) is 41.7 Å². The molecular formula is C44H49ClN8O7. The standard InChI is InChI=1S/C44H49ClN8O7/c1-26-40(55)52-36(42(57)49-21-19-47)24-27-6-16-37(54)33(23-27)34-25-31(13-17-38(34)60-22-20-48)39(43(58)50-26)53(2)44(59)35(5-3-4-18-46)51-41(56)30-9-7-28(8-10-30)29-11-14-32(45)15-12-29/h6-17,23,25-26,35-36,39,54H,3-5,18,20-22,24,46,48H2,1-2H3,(H,49,57)(H,50,58)(H,51,56)(H,52,55)/t26-,35-,36-,39-/m0/s1. The van der Waals surface area contributed by atoms with E-state index in [2.05, 4.69) is 21.3 Å². The highest BCUT2D eigenvalue weighted by Crippen LogP contribution is 2.39. The van der Waals surface area contributed by atoms with E-state index in [1.54, 1.807) is 66.7 Å². The van der Waals surface area contributed by atoms with Crippen LogP contribution in [0.2, 0.25) is 5.02 Å². The molecule has 1 aliphatic heterocycles. The van der Waals surface area contributed by atoms with Crippen LogP contribution in [0.3, 0.4) is 0 Å². The van der Waals surface area contributed by atoms with Crippen LogP contribution in [0, 0.1) is 11.3 Å². The van der Waals surface area contributed by atoms with Crippen LogP contribution < -0.4 is 37.5 Å². The lowest BCUT2D eigenvalue weighted by Crippen LogP contribution is -2.56. The molecule has 0 saturated carbocycles. The third-order valence-electron chi connectivity index (χ3n) is 10.1. The molecule has 0 fully saturated rings. The van der Waals surface area contributed by atoms with Gasteiger partial charge in [0.2, 0.25) is 23.6 Å². The van der Waals surface area contributed by atoms with Crippen molar-refractivity contribution in [2.75, 3.05) is 33.3 Å². The zero-order valence-corrected chi connectivity index (χ0v) is 34.1. The van der Waals surface area contributed by atoms with Gasteiger partial charge in [-0.05, 0) is 104 Å². The first-order valence-corrected chi connectivity index (χ1v) is 19.9. The molecule has 4 atom stereocenters. The topological polar surface area (TPSA) is 242 Å². The SMILES string of the molecule is C[C@@H]1NC(=O)[C@@H](N(C)C(=O)[C@H](CCCCN)NC(=O)c2ccc(-c3ccc(Cl)cc3)cc2)c2ccc(OCCN)c(c2)-c2cc(ccc2O)C[C@@H](C(=O)NCC#N)NC1=O. The molecule has 0 saturated heterocycles. The Bertz CT molecular complexity index is 2230. The number of unbranched alkanes of at least 4 members (excludes halogenated alkanes) is 1. The molecule has 16 heteroatoms. The number of carbonyl (C=O) groups excluding carboxylic acids is 5. The molecule has 4 bridgehead atoms. The molecule has 60 heavy (non-hydrogen) atoms. The molecule has 9 N–H and O–H groups in total. The second-order valence-electron chi connectivity index (χ2n) is 14.4. The smallest absolute Gasteiger partial charge is 0.251 e. The largest absolute Gasteiger partial charge is 0.507 e. The van der Waals surface area contributed by atoms with E-state index in [0.29, 0.717) is 52.4 Å². The third-order valence-corrected chi connectivity index (χ3v) is 10.3. The summed E-state index contributed by atoms with van der Waals surface area (Å²) in [5.74, 6) is -3.03. The van der Waals surface area contributed by atoms with E-state index in [1.807, 2.05) is 18.2 Å². The lowest BCUT2D eigenvalue weighted by Gasteiger charge is -2.32. The summed E-state index contributed by atoms with van der Waals surface area (Å²) in [5.41, 5.74) is 15.1. The summed E-state index contributed by atoms with van der Waals surface area (Å²) in [7, 11) is 1.43. The Morgan fingerprint density at radius 3 is 2.30 bits per heavy atom. The van der Waals surface area contributed by atoms with Gasteiger partial charge in [0.1, 0.15) is 48.8 Å². The molecule has 1 aliphatic rings. The van der Waals surface area contributed by atoms with Crippen LogP contribution in [0.25, 0.3) is 22.3 Å². The number of carbonyl (C=O) groups is 5. The second kappa shape index (κ2) is 21.0. The van der Waals surface area contributed by atoms with Crippen LogP contribution in [0.5, 0.6) is 11.5 Å². The quantitative estimate of drug-likeness (QED) is 0.0722. The molecule has 4 aromatic carbocycles. The lowest BCUT2D eigenvalue weighted by atomic mass is 9.93. The van der Waals surface area contributed by atoms with Crippen molar-refractivity contribution in [1.82, 2.24) is 26.2 Å². The molecule has 0 unspecified atom stereocenters. The number of phenols is 1. The minimum Gasteiger partial charge on any atom is -0.507 e. The van der Waals surface area contributed by atoms with Crippen molar-refractivity contribution < 1.29 is 33.8 Å². The number of benzene rings is 4. The molecule has 15 nitrogen and oxygen atoms in total. The highest BCUT2D eigenvalue weighted by atomic mass is 35.5. The van der Waals surface area contributed by atoms with Gasteiger partial charge in [-0.1, -0.05) is 48.0 Å². The van der Waals surface area contributed by atoms with Gasteiger partial charge in [-0.2, -0.15) is 5.26 Å². The number of nitrogens with two attached hydrogens (primary N) is 2. The van der Waals surface area contributed by atoms with Gasteiger partial charge in [0.25, 0.3) is 5.91 Å². The number of rotatable bonds is 14. The van der Waals surface area contributed by atoms with Gasteiger partial charge in [-0.3, -0.25) is 24.0 Å². The summed E-state index contributed by atoms with van der Waals surface area (Å²) in [6.07, 6.45) is 1.23. The fraction of sp³-hybridized carbons (Fsp3) is 0.318. The number of phenolic OH excluding ortho intramolecular Hbond substituents is 1. The molecule has 0 aromatic heterocycles. The Morgan fingerprint density at radius 1 is 0.933 bits per heavy atom. The summed E-state index contributed by atoms with van der Waals surface area (Å²) in [4.78, 5) is 70.7. The Kier molecular flexibility index (Phi) is 15.6. The number of nitriles is 1. The Labute approximate surface area is 353 Å². The molecule has 0 aliphatic carbocycles. The van der Waals surface area contributed by atoms with E-state index in [9.17, 15) is 29.1 Å². The number of amides is 5. The maximum Gasteiger partial charge on any atom is 0.251 e. The Morgan fingerprint density at radius 2 is 1.63 bits per heavy atom. The molecule has 0 radical (unpaired) electrons. The number of hydrogen-bond donors (Lipinski definition) is 7. The van der Waals surface area contributed by atoms with Gasteiger partial charge < -0.3 is 47.5 Å². The highest BCUT2D eigenvalue weighted by molar-refractivity contribution is 6.30. The fourth-order valence-corrected chi connectivity index (χ4v) is 7.00. The van der Waals surface area contributed by atoms with Crippen molar-refractivity contribution in [3.63, 3.8) is 0 Å². The number of aromatic hydroxyl groups is 1. The average Bonchev–Trinajstić information content (AvgIpc) is 3.24. The molecule has 4 aromatic rings. The lowest BCUT2D eigenvalue weighted by molar-refractivity contribution is -0.141. The molecule has 5 amide bonds. The number of nitrogens with zero attached hydrogens (tertiary/aromatic N) is 2. The number of hydrogen-bond acceptors (Lipinski definition) is 10. The van der Waals surface area contributed by atoms with Crippen LogP contribution in [-0.4, -0.2) is 91.0 Å². The maximum absolute atomic E-state index is 14.6. The Balaban J connectivity index is 1.54. The van der Waals surface area contributed by atoms with E-state index in [-0.39, 0.29) is 43.9 Å². The first-order valence-electron chi connectivity index (χ1n) is 19.5.